The normalized spacial score (nSPS) is 14.5. The molecule has 0 unspecified atom stereocenters. The zero-order chi connectivity index (χ0) is 20.8. The van der Waals surface area contributed by atoms with Crippen molar-refractivity contribution in [2.24, 2.45) is 5.10 Å². The van der Waals surface area contributed by atoms with Crippen LogP contribution in [0.3, 0.4) is 0 Å². The summed E-state index contributed by atoms with van der Waals surface area (Å²) in [7, 11) is 0. The summed E-state index contributed by atoms with van der Waals surface area (Å²) in [6.45, 7) is 3.31. The number of carboxylic acid groups (broad SMARTS) is 1. The minimum Gasteiger partial charge on any atom is -0.477 e. The minimum atomic E-state index is -1.05. The molecule has 8 heteroatoms. The molecule has 2 heterocycles. The molecule has 1 aromatic heterocycles. The van der Waals surface area contributed by atoms with E-state index in [1.807, 2.05) is 47.8 Å². The molecule has 0 aliphatic carbocycles. The number of hydrazone groups is 1. The molecule has 2 aromatic carbocycles. The fraction of sp³-hybridized carbons (Fsp3) is 0.227. The Kier molecular flexibility index (Phi) is 6.36. The van der Waals surface area contributed by atoms with Gasteiger partial charge in [0.1, 0.15) is 5.71 Å². The topological polar surface area (TPSA) is 87.0 Å². The van der Waals surface area contributed by atoms with Crippen LogP contribution in [0.2, 0.25) is 0 Å². The maximum atomic E-state index is 11.5. The van der Waals surface area contributed by atoms with Crippen molar-refractivity contribution in [1.29, 1.82) is 0 Å². The first-order valence-electron chi connectivity index (χ1n) is 9.67. The molecule has 0 bridgehead atoms. The highest BCUT2D eigenvalue weighted by Gasteiger charge is 2.13. The Morgan fingerprint density at radius 2 is 1.87 bits per heavy atom. The van der Waals surface area contributed by atoms with Crippen LogP contribution in [-0.4, -0.2) is 48.1 Å². The molecule has 2 N–H and O–H groups in total. The van der Waals surface area contributed by atoms with Crippen molar-refractivity contribution in [2.45, 2.75) is 6.42 Å². The molecule has 1 fully saturated rings. The van der Waals surface area contributed by atoms with Crippen molar-refractivity contribution in [3.8, 4) is 11.3 Å². The third kappa shape index (κ3) is 5.03. The summed E-state index contributed by atoms with van der Waals surface area (Å²) in [6.07, 6.45) is 0.240. The molecule has 154 valence electrons. The summed E-state index contributed by atoms with van der Waals surface area (Å²) in [4.78, 5) is 18.4. The second-order valence-corrected chi connectivity index (χ2v) is 7.68. The van der Waals surface area contributed by atoms with E-state index < -0.39 is 5.97 Å². The number of rotatable bonds is 7. The molecule has 0 spiro atoms. The average Bonchev–Trinajstić information content (AvgIpc) is 3.27. The highest BCUT2D eigenvalue weighted by Crippen LogP contribution is 2.27. The quantitative estimate of drug-likeness (QED) is 0.446. The number of anilines is 2. The maximum Gasteiger partial charge on any atom is 0.352 e. The van der Waals surface area contributed by atoms with Crippen LogP contribution >= 0.6 is 11.3 Å². The number of hydrogen-bond acceptors (Lipinski definition) is 7. The van der Waals surface area contributed by atoms with Crippen molar-refractivity contribution in [3.05, 3.63) is 65.5 Å². The molecule has 0 amide bonds. The van der Waals surface area contributed by atoms with Crippen LogP contribution in [0.1, 0.15) is 5.56 Å². The van der Waals surface area contributed by atoms with E-state index in [2.05, 4.69) is 32.5 Å². The smallest absolute Gasteiger partial charge is 0.352 e. The van der Waals surface area contributed by atoms with Gasteiger partial charge in [-0.15, -0.1) is 11.3 Å². The van der Waals surface area contributed by atoms with E-state index >= 15 is 0 Å². The van der Waals surface area contributed by atoms with Crippen LogP contribution in [0.15, 0.2) is 65.1 Å². The molecule has 7 nitrogen and oxygen atoms in total. The SMILES string of the molecule is O=C(O)/C(Cc1ccccc1)=N/Nc1nc(-c2ccc(N3CCOCC3)cc2)cs1. The van der Waals surface area contributed by atoms with Crippen molar-refractivity contribution >= 4 is 33.8 Å². The molecular weight excluding hydrogens is 400 g/mol. The van der Waals surface area contributed by atoms with Gasteiger partial charge in [-0.2, -0.15) is 5.10 Å². The van der Waals surface area contributed by atoms with Gasteiger partial charge in [0.2, 0.25) is 5.13 Å². The van der Waals surface area contributed by atoms with Gasteiger partial charge in [-0.25, -0.2) is 9.78 Å². The second-order valence-electron chi connectivity index (χ2n) is 6.82. The summed E-state index contributed by atoms with van der Waals surface area (Å²) >= 11 is 1.39. The van der Waals surface area contributed by atoms with Crippen LogP contribution in [0.4, 0.5) is 10.8 Å². The molecular formula is C22H22N4O3S. The van der Waals surface area contributed by atoms with Gasteiger partial charge >= 0.3 is 5.97 Å². The maximum absolute atomic E-state index is 11.5. The van der Waals surface area contributed by atoms with E-state index in [9.17, 15) is 9.90 Å². The largest absolute Gasteiger partial charge is 0.477 e. The number of hydrogen-bond donors (Lipinski definition) is 2. The molecule has 0 saturated carbocycles. The van der Waals surface area contributed by atoms with Gasteiger partial charge in [0.15, 0.2) is 0 Å². The number of morpholine rings is 1. The van der Waals surface area contributed by atoms with E-state index in [0.29, 0.717) is 5.13 Å². The van der Waals surface area contributed by atoms with Gasteiger partial charge in [0, 0.05) is 36.1 Å². The highest BCUT2D eigenvalue weighted by molar-refractivity contribution is 7.14. The van der Waals surface area contributed by atoms with Gasteiger partial charge < -0.3 is 14.7 Å². The monoisotopic (exact) mass is 422 g/mol. The first-order chi connectivity index (χ1) is 14.7. The second kappa shape index (κ2) is 9.51. The first-order valence-corrected chi connectivity index (χ1v) is 10.6. The number of thiazole rings is 1. The van der Waals surface area contributed by atoms with Gasteiger partial charge in [0.05, 0.1) is 18.9 Å². The number of aromatic nitrogens is 1. The third-order valence-corrected chi connectivity index (χ3v) is 5.54. The van der Waals surface area contributed by atoms with E-state index in [4.69, 9.17) is 4.74 Å². The Labute approximate surface area is 178 Å². The molecule has 4 rings (SSSR count). The summed E-state index contributed by atoms with van der Waals surface area (Å²) in [5, 5.41) is 16.0. The summed E-state index contributed by atoms with van der Waals surface area (Å²) in [5.41, 5.74) is 6.72. The van der Waals surface area contributed by atoms with E-state index in [0.717, 1.165) is 43.1 Å². The highest BCUT2D eigenvalue weighted by atomic mass is 32.1. The van der Waals surface area contributed by atoms with Crippen LogP contribution in [0, 0.1) is 0 Å². The summed E-state index contributed by atoms with van der Waals surface area (Å²) in [5.74, 6) is -1.05. The van der Waals surface area contributed by atoms with Crippen LogP contribution in [0.25, 0.3) is 11.3 Å². The Balaban J connectivity index is 1.43. The molecule has 1 aliphatic rings. The van der Waals surface area contributed by atoms with Gasteiger partial charge in [-0.1, -0.05) is 42.5 Å². The Bertz CT molecular complexity index is 1010. The van der Waals surface area contributed by atoms with Gasteiger partial charge in [-0.05, 0) is 17.7 Å². The fourth-order valence-electron chi connectivity index (χ4n) is 3.19. The first kappa shape index (κ1) is 20.1. The molecule has 3 aromatic rings. The fourth-order valence-corrected chi connectivity index (χ4v) is 3.85. The number of carbonyl (C=O) groups is 1. The molecule has 0 atom stereocenters. The van der Waals surface area contributed by atoms with Gasteiger partial charge in [0.25, 0.3) is 0 Å². The predicted molar refractivity (Wildman–Crippen MR) is 119 cm³/mol. The number of aliphatic carboxylic acids is 1. The van der Waals surface area contributed by atoms with Crippen molar-refractivity contribution < 1.29 is 14.6 Å². The van der Waals surface area contributed by atoms with Gasteiger partial charge in [-0.3, -0.25) is 5.43 Å². The lowest BCUT2D eigenvalue weighted by atomic mass is 10.1. The lowest BCUT2D eigenvalue weighted by Gasteiger charge is -2.28. The van der Waals surface area contributed by atoms with Crippen LogP contribution < -0.4 is 10.3 Å². The number of nitrogens with one attached hydrogen (secondary N) is 1. The number of nitrogens with zero attached hydrogens (tertiary/aromatic N) is 3. The Morgan fingerprint density at radius 1 is 1.13 bits per heavy atom. The average molecular weight is 423 g/mol. The third-order valence-electron chi connectivity index (χ3n) is 4.79. The molecule has 1 saturated heterocycles. The Hall–Kier alpha value is -3.23. The number of carboxylic acids is 1. The molecule has 30 heavy (non-hydrogen) atoms. The molecule has 1 aliphatic heterocycles. The lowest BCUT2D eigenvalue weighted by Crippen LogP contribution is -2.36. The van der Waals surface area contributed by atoms with Crippen LogP contribution in [-0.2, 0) is 16.0 Å². The zero-order valence-electron chi connectivity index (χ0n) is 16.3. The standard InChI is InChI=1S/C22H22N4O3S/c27-21(28)19(14-16-4-2-1-3-5-16)24-25-22-23-20(15-30-22)17-6-8-18(9-7-17)26-10-12-29-13-11-26/h1-9,15H,10-14H2,(H,23,25)(H,27,28)/b24-19+. The summed E-state index contributed by atoms with van der Waals surface area (Å²) in [6, 6.07) is 17.7. The van der Waals surface area contributed by atoms with Crippen molar-refractivity contribution in [2.75, 3.05) is 36.6 Å². The Morgan fingerprint density at radius 3 is 2.57 bits per heavy atom. The van der Waals surface area contributed by atoms with E-state index in [1.165, 1.54) is 17.0 Å². The number of benzene rings is 2. The molecule has 0 radical (unpaired) electrons. The van der Waals surface area contributed by atoms with E-state index in [-0.39, 0.29) is 12.1 Å². The van der Waals surface area contributed by atoms with Crippen molar-refractivity contribution in [3.63, 3.8) is 0 Å². The predicted octanol–water partition coefficient (Wildman–Crippen LogP) is 3.74. The minimum absolute atomic E-state index is 0.0350. The van der Waals surface area contributed by atoms with E-state index in [1.54, 1.807) is 0 Å². The number of ether oxygens (including phenoxy) is 1. The van der Waals surface area contributed by atoms with Crippen LogP contribution in [0.5, 0.6) is 0 Å². The van der Waals surface area contributed by atoms with Crippen molar-refractivity contribution in [1.82, 2.24) is 4.98 Å². The lowest BCUT2D eigenvalue weighted by molar-refractivity contribution is -0.129. The zero-order valence-corrected chi connectivity index (χ0v) is 17.1. The summed E-state index contributed by atoms with van der Waals surface area (Å²) < 4.78 is 5.40.